The first-order valence-electron chi connectivity index (χ1n) is 8.99. The molecule has 31 heavy (non-hydrogen) atoms. The molecule has 4 aromatic rings. The van der Waals surface area contributed by atoms with Crippen LogP contribution in [0.2, 0.25) is 10.0 Å². The smallest absolute Gasteiger partial charge is 0.339 e. The second-order valence-corrected chi connectivity index (χ2v) is 7.27. The zero-order chi connectivity index (χ0) is 22.4. The highest BCUT2D eigenvalue weighted by Gasteiger charge is 2.19. The molecule has 0 fully saturated rings. The van der Waals surface area contributed by atoms with Crippen LogP contribution in [0.25, 0.3) is 16.7 Å². The van der Waals surface area contributed by atoms with Gasteiger partial charge in [-0.05, 0) is 48.0 Å². The standard InChI is InChI=1S/C22H16Cl2N2O2.O2S/c1-28-22(27)17-9-10-19(23)18(20(17)24)13-16-12-14-6-5-11-25-21(14)26(16)15-7-3-2-4-8-15;1-3-2/h2-12H,13H2,1H3;. The lowest BCUT2D eigenvalue weighted by Crippen LogP contribution is -2.06. The molecule has 0 saturated heterocycles. The number of rotatable bonds is 4. The van der Waals surface area contributed by atoms with Crippen molar-refractivity contribution >= 4 is 51.8 Å². The van der Waals surface area contributed by atoms with E-state index in [0.717, 1.165) is 22.4 Å². The zero-order valence-corrected chi connectivity index (χ0v) is 18.6. The van der Waals surface area contributed by atoms with Crippen LogP contribution in [0.3, 0.4) is 0 Å². The molecule has 0 bridgehead atoms. The topological polar surface area (TPSA) is 78.3 Å². The van der Waals surface area contributed by atoms with E-state index in [9.17, 15) is 4.79 Å². The maximum atomic E-state index is 12.0. The summed E-state index contributed by atoms with van der Waals surface area (Å²) in [5.41, 5.74) is 3.77. The summed E-state index contributed by atoms with van der Waals surface area (Å²) in [5.74, 6) is -0.492. The van der Waals surface area contributed by atoms with Gasteiger partial charge in [-0.3, -0.25) is 4.57 Å². The Morgan fingerprint density at radius 2 is 1.77 bits per heavy atom. The molecular formula is C22H16Cl2N2O4S. The van der Waals surface area contributed by atoms with E-state index in [-0.39, 0.29) is 0 Å². The number of nitrogens with zero attached hydrogens (tertiary/aromatic N) is 2. The number of hydrogen-bond donors (Lipinski definition) is 0. The van der Waals surface area contributed by atoms with E-state index in [0.29, 0.717) is 27.6 Å². The summed E-state index contributed by atoms with van der Waals surface area (Å²) in [6, 6.07) is 19.2. The van der Waals surface area contributed by atoms with Gasteiger partial charge in [-0.1, -0.05) is 41.4 Å². The molecule has 2 aromatic heterocycles. The third-order valence-corrected chi connectivity index (χ3v) is 5.39. The van der Waals surface area contributed by atoms with Crippen molar-refractivity contribution in [1.29, 1.82) is 0 Å². The number of benzene rings is 2. The maximum Gasteiger partial charge on any atom is 0.339 e. The van der Waals surface area contributed by atoms with Crippen LogP contribution in [-0.2, 0) is 22.7 Å². The van der Waals surface area contributed by atoms with Gasteiger partial charge in [0.15, 0.2) is 0 Å². The number of fused-ring (bicyclic) bond motifs is 1. The van der Waals surface area contributed by atoms with Gasteiger partial charge >= 0.3 is 17.5 Å². The van der Waals surface area contributed by atoms with Crippen LogP contribution in [0.1, 0.15) is 21.6 Å². The van der Waals surface area contributed by atoms with E-state index in [1.165, 1.54) is 7.11 Å². The summed E-state index contributed by atoms with van der Waals surface area (Å²) in [5, 5.41) is 1.81. The van der Waals surface area contributed by atoms with Crippen molar-refractivity contribution < 1.29 is 17.9 Å². The average molecular weight is 475 g/mol. The molecular weight excluding hydrogens is 459 g/mol. The van der Waals surface area contributed by atoms with E-state index >= 15 is 0 Å². The second-order valence-electron chi connectivity index (χ2n) is 6.35. The third kappa shape index (κ3) is 4.85. The Morgan fingerprint density at radius 3 is 2.45 bits per heavy atom. The van der Waals surface area contributed by atoms with Crippen molar-refractivity contribution in [2.45, 2.75) is 6.42 Å². The van der Waals surface area contributed by atoms with Gasteiger partial charge < -0.3 is 4.74 Å². The van der Waals surface area contributed by atoms with Gasteiger partial charge in [0.2, 0.25) is 0 Å². The number of hydrogen-bond acceptors (Lipinski definition) is 5. The van der Waals surface area contributed by atoms with Gasteiger partial charge in [0.05, 0.1) is 17.7 Å². The quantitative estimate of drug-likeness (QED) is 0.387. The third-order valence-electron chi connectivity index (χ3n) is 4.60. The molecule has 0 amide bonds. The van der Waals surface area contributed by atoms with Crippen molar-refractivity contribution in [3.8, 4) is 5.69 Å². The fraction of sp³-hybridized carbons (Fsp3) is 0.0909. The number of esters is 1. The lowest BCUT2D eigenvalue weighted by atomic mass is 10.1. The Morgan fingerprint density at radius 1 is 1.06 bits per heavy atom. The summed E-state index contributed by atoms with van der Waals surface area (Å²) < 4.78 is 23.5. The molecule has 0 aliphatic rings. The number of aromatic nitrogens is 2. The molecule has 2 heterocycles. The summed E-state index contributed by atoms with van der Waals surface area (Å²) in [6.45, 7) is 0. The molecule has 0 unspecified atom stereocenters. The minimum Gasteiger partial charge on any atom is -0.465 e. The number of carbonyl (C=O) groups is 1. The first-order valence-corrected chi connectivity index (χ1v) is 10.4. The largest absolute Gasteiger partial charge is 0.465 e. The Kier molecular flexibility index (Phi) is 7.57. The van der Waals surface area contributed by atoms with Crippen molar-refractivity contribution in [2.24, 2.45) is 0 Å². The Labute approximate surface area is 192 Å². The average Bonchev–Trinajstić information content (AvgIpc) is 3.15. The van der Waals surface area contributed by atoms with Crippen molar-refractivity contribution in [2.75, 3.05) is 7.11 Å². The predicted molar refractivity (Wildman–Crippen MR) is 121 cm³/mol. The first-order chi connectivity index (χ1) is 15.0. The monoisotopic (exact) mass is 474 g/mol. The summed E-state index contributed by atoms with van der Waals surface area (Å²) in [4.78, 5) is 16.6. The van der Waals surface area contributed by atoms with Gasteiger partial charge in [-0.2, -0.15) is 8.42 Å². The molecule has 0 N–H and O–H groups in total. The Bertz CT molecular complexity index is 1270. The fourth-order valence-electron chi connectivity index (χ4n) is 3.29. The number of para-hydroxylation sites is 1. The molecule has 0 aliphatic heterocycles. The van der Waals surface area contributed by atoms with Crippen LogP contribution < -0.4 is 0 Å². The van der Waals surface area contributed by atoms with Crippen LogP contribution in [0.4, 0.5) is 0 Å². The van der Waals surface area contributed by atoms with Crippen molar-refractivity contribution in [3.63, 3.8) is 0 Å². The van der Waals surface area contributed by atoms with Gasteiger partial charge in [-0.15, -0.1) is 0 Å². The number of ether oxygens (including phenoxy) is 1. The molecule has 9 heteroatoms. The first kappa shape index (κ1) is 22.7. The molecule has 0 aliphatic carbocycles. The van der Waals surface area contributed by atoms with Crippen LogP contribution in [0, 0.1) is 0 Å². The van der Waals surface area contributed by atoms with Gasteiger partial charge in [-0.25, -0.2) is 9.78 Å². The highest BCUT2D eigenvalue weighted by Crippen LogP contribution is 2.33. The van der Waals surface area contributed by atoms with Crippen LogP contribution in [-0.4, -0.2) is 31.0 Å². The predicted octanol–water partition coefficient (Wildman–Crippen LogP) is 5.04. The zero-order valence-electron chi connectivity index (χ0n) is 16.2. The lowest BCUT2D eigenvalue weighted by molar-refractivity contribution is 0.0601. The Balaban J connectivity index is 0.000000858. The second kappa shape index (κ2) is 10.3. The molecule has 158 valence electrons. The SMILES string of the molecule is COC(=O)c1ccc(Cl)c(Cc2cc3cccnc3n2-c2ccccc2)c1Cl.O=S=O. The molecule has 6 nitrogen and oxygen atoms in total. The molecule has 0 radical (unpaired) electrons. The minimum atomic E-state index is -0.750. The van der Waals surface area contributed by atoms with E-state index in [1.54, 1.807) is 18.3 Å². The van der Waals surface area contributed by atoms with Gasteiger partial charge in [0, 0.05) is 34.4 Å². The number of pyridine rings is 1. The molecule has 0 saturated carbocycles. The Hall–Kier alpha value is -3.00. The fourth-order valence-corrected chi connectivity index (χ4v) is 3.87. The van der Waals surface area contributed by atoms with Crippen LogP contribution >= 0.6 is 23.2 Å². The molecule has 2 aromatic carbocycles. The highest BCUT2D eigenvalue weighted by atomic mass is 35.5. The minimum absolute atomic E-state index is 0.295. The summed E-state index contributed by atoms with van der Waals surface area (Å²) in [7, 11) is 1.33. The summed E-state index contributed by atoms with van der Waals surface area (Å²) >= 11 is 12.2. The highest BCUT2D eigenvalue weighted by molar-refractivity contribution is 7.51. The van der Waals surface area contributed by atoms with Crippen molar-refractivity contribution in [1.82, 2.24) is 9.55 Å². The van der Waals surface area contributed by atoms with Crippen LogP contribution in [0.15, 0.2) is 66.9 Å². The number of methoxy groups -OCH3 is 1. The number of halogens is 2. The number of carbonyl (C=O) groups excluding carboxylic acids is 1. The van der Waals surface area contributed by atoms with E-state index in [2.05, 4.69) is 15.6 Å². The van der Waals surface area contributed by atoms with Gasteiger partial charge in [0.1, 0.15) is 5.65 Å². The van der Waals surface area contributed by atoms with Crippen LogP contribution in [0.5, 0.6) is 0 Å². The van der Waals surface area contributed by atoms with E-state index < -0.39 is 17.5 Å². The molecule has 4 rings (SSSR count). The van der Waals surface area contributed by atoms with E-state index in [1.807, 2.05) is 42.5 Å². The van der Waals surface area contributed by atoms with E-state index in [4.69, 9.17) is 36.4 Å². The summed E-state index contributed by atoms with van der Waals surface area (Å²) in [6.07, 6.45) is 2.21. The van der Waals surface area contributed by atoms with Crippen molar-refractivity contribution in [3.05, 3.63) is 93.7 Å². The lowest BCUT2D eigenvalue weighted by Gasteiger charge is -2.14. The molecule has 0 atom stereocenters. The maximum absolute atomic E-state index is 12.0. The normalized spacial score (nSPS) is 10.3. The van der Waals surface area contributed by atoms with Gasteiger partial charge in [0.25, 0.3) is 0 Å². The molecule has 0 spiro atoms.